The van der Waals surface area contributed by atoms with Crippen molar-refractivity contribution in [3.63, 3.8) is 0 Å². The minimum atomic E-state index is -0.497. The molecule has 4 rings (SSSR count). The average molecular weight is 494 g/mol. The number of nitrogens with zero attached hydrogens (tertiary/aromatic N) is 6. The van der Waals surface area contributed by atoms with Crippen molar-refractivity contribution in [2.45, 2.75) is 58.3 Å². The lowest BCUT2D eigenvalue weighted by Gasteiger charge is -2.30. The number of hydrogen-bond acceptors (Lipinski definition) is 10. The van der Waals surface area contributed by atoms with E-state index in [9.17, 15) is 10.1 Å². The Balaban J connectivity index is 1.50. The van der Waals surface area contributed by atoms with E-state index in [2.05, 4.69) is 32.5 Å². The van der Waals surface area contributed by atoms with Gasteiger partial charge in [0.2, 0.25) is 11.7 Å². The van der Waals surface area contributed by atoms with Crippen LogP contribution < -0.4 is 15.2 Å². The third-order valence-corrected chi connectivity index (χ3v) is 6.05. The molecule has 0 amide bonds. The van der Waals surface area contributed by atoms with Crippen molar-refractivity contribution in [2.24, 2.45) is 0 Å². The second-order valence-corrected chi connectivity index (χ2v) is 8.99. The topological polar surface area (TPSA) is 132 Å². The number of benzene rings is 1. The minimum Gasteiger partial charge on any atom is -0.354 e. The first-order chi connectivity index (χ1) is 17.5. The monoisotopic (exact) mass is 493 g/mol. The van der Waals surface area contributed by atoms with Gasteiger partial charge in [-0.15, -0.1) is 0 Å². The highest BCUT2D eigenvalue weighted by Gasteiger charge is 2.33. The molecule has 1 aromatic carbocycles. The maximum Gasteiger partial charge on any atom is 0.375 e. The molecule has 0 unspecified atom stereocenters. The Morgan fingerprint density at radius 2 is 2.03 bits per heavy atom. The van der Waals surface area contributed by atoms with E-state index in [1.165, 1.54) is 6.33 Å². The van der Waals surface area contributed by atoms with Gasteiger partial charge >= 0.3 is 11.6 Å². The van der Waals surface area contributed by atoms with Crippen LogP contribution in [-0.2, 0) is 0 Å². The average Bonchev–Trinajstić information content (AvgIpc) is 3.40. The predicted octanol–water partition coefficient (Wildman–Crippen LogP) is 5.00. The van der Waals surface area contributed by atoms with Gasteiger partial charge in [0.05, 0.1) is 10.6 Å². The van der Waals surface area contributed by atoms with Crippen molar-refractivity contribution in [3.8, 4) is 5.88 Å². The van der Waals surface area contributed by atoms with Crippen LogP contribution in [0.15, 0.2) is 47.3 Å². The van der Waals surface area contributed by atoms with E-state index >= 15 is 0 Å². The molecule has 0 aliphatic carbocycles. The van der Waals surface area contributed by atoms with Gasteiger partial charge in [-0.3, -0.25) is 10.1 Å². The van der Waals surface area contributed by atoms with Crippen molar-refractivity contribution in [2.75, 3.05) is 18.0 Å². The fraction of sp³-hybridized carbons (Fsp3) is 0.440. The third-order valence-electron chi connectivity index (χ3n) is 6.05. The van der Waals surface area contributed by atoms with E-state index in [1.807, 2.05) is 55.2 Å². The quantitative estimate of drug-likeness (QED) is 0.304. The lowest BCUT2D eigenvalue weighted by Crippen LogP contribution is -2.34. The van der Waals surface area contributed by atoms with E-state index in [1.54, 1.807) is 0 Å². The molecular weight excluding hydrogens is 462 g/mol. The van der Waals surface area contributed by atoms with Gasteiger partial charge in [0.15, 0.2) is 5.82 Å². The second-order valence-electron chi connectivity index (χ2n) is 8.99. The minimum absolute atomic E-state index is 0.108. The molecule has 0 spiro atoms. The summed E-state index contributed by atoms with van der Waals surface area (Å²) in [5.74, 6) is 1.71. The lowest BCUT2D eigenvalue weighted by atomic mass is 9.96. The summed E-state index contributed by atoms with van der Waals surface area (Å²) < 4.78 is 5.46. The predicted molar refractivity (Wildman–Crippen MR) is 134 cm³/mol. The number of aromatic nitrogens is 4. The standard InChI is InChI=1S/C25H31N7O4/c1-4-5-11-20(18-9-7-6-8-10-18)29-36-25-21(32(33)34)23(26-16-27-25)31-14-12-19(13-15-31)24-28-22(17(2)3)30-35-24/h6-11,16-17,19,29H,4-5,12-15H2,1-3H3. The van der Waals surface area contributed by atoms with E-state index < -0.39 is 4.92 Å². The number of piperidine rings is 1. The zero-order chi connectivity index (χ0) is 25.5. The van der Waals surface area contributed by atoms with Crippen LogP contribution in [0.3, 0.4) is 0 Å². The van der Waals surface area contributed by atoms with E-state index in [-0.39, 0.29) is 29.2 Å². The molecule has 1 N–H and O–H groups in total. The highest BCUT2D eigenvalue weighted by Crippen LogP contribution is 2.37. The summed E-state index contributed by atoms with van der Waals surface area (Å²) in [6.45, 7) is 7.22. The maximum absolute atomic E-state index is 12.1. The van der Waals surface area contributed by atoms with Crippen LogP contribution >= 0.6 is 0 Å². The molecule has 1 saturated heterocycles. The Kier molecular flexibility index (Phi) is 8.09. The molecule has 36 heavy (non-hydrogen) atoms. The van der Waals surface area contributed by atoms with Gasteiger partial charge in [-0.2, -0.15) is 9.97 Å². The Hall–Kier alpha value is -4.02. The summed E-state index contributed by atoms with van der Waals surface area (Å²) in [7, 11) is 0. The molecule has 3 heterocycles. The molecule has 190 valence electrons. The highest BCUT2D eigenvalue weighted by atomic mass is 16.7. The Labute approximate surface area is 209 Å². The van der Waals surface area contributed by atoms with Crippen molar-refractivity contribution in [1.82, 2.24) is 25.6 Å². The molecule has 1 aliphatic rings. The van der Waals surface area contributed by atoms with Crippen molar-refractivity contribution in [1.29, 1.82) is 0 Å². The first-order valence-corrected chi connectivity index (χ1v) is 12.2. The number of anilines is 1. The first kappa shape index (κ1) is 25.1. The Morgan fingerprint density at radius 1 is 1.28 bits per heavy atom. The van der Waals surface area contributed by atoms with E-state index in [0.29, 0.717) is 43.3 Å². The maximum atomic E-state index is 12.1. The number of allylic oxidation sites excluding steroid dienone is 1. The normalized spacial score (nSPS) is 14.8. The summed E-state index contributed by atoms with van der Waals surface area (Å²) in [4.78, 5) is 32.0. The zero-order valence-corrected chi connectivity index (χ0v) is 20.8. The van der Waals surface area contributed by atoms with Gasteiger partial charge in [-0.25, -0.2) is 10.5 Å². The SMILES string of the molecule is CCCC=C(NOc1ncnc(N2CCC(c3nc(C(C)C)no3)CC2)c1[N+](=O)[O-])c1ccccc1. The van der Waals surface area contributed by atoms with Crippen LogP contribution in [0.1, 0.15) is 75.6 Å². The summed E-state index contributed by atoms with van der Waals surface area (Å²) in [6.07, 6.45) is 6.49. The van der Waals surface area contributed by atoms with Gasteiger partial charge < -0.3 is 14.3 Å². The van der Waals surface area contributed by atoms with E-state index in [4.69, 9.17) is 9.36 Å². The molecule has 11 heteroatoms. The number of nitrogens with one attached hydrogen (secondary N) is 1. The molecule has 1 aliphatic heterocycles. The first-order valence-electron chi connectivity index (χ1n) is 12.2. The van der Waals surface area contributed by atoms with Crippen molar-refractivity contribution < 1.29 is 14.3 Å². The van der Waals surface area contributed by atoms with Crippen LogP contribution in [0.5, 0.6) is 5.88 Å². The summed E-state index contributed by atoms with van der Waals surface area (Å²) in [5.41, 5.74) is 4.23. The van der Waals surface area contributed by atoms with Crippen LogP contribution in [0.4, 0.5) is 11.5 Å². The van der Waals surface area contributed by atoms with Crippen LogP contribution in [-0.4, -0.2) is 38.1 Å². The summed E-state index contributed by atoms with van der Waals surface area (Å²) in [6, 6.07) is 9.64. The van der Waals surface area contributed by atoms with Crippen LogP contribution in [0.25, 0.3) is 5.70 Å². The van der Waals surface area contributed by atoms with Crippen molar-refractivity contribution >= 4 is 17.2 Å². The number of hydroxylamine groups is 1. The van der Waals surface area contributed by atoms with Gasteiger partial charge in [0.1, 0.15) is 6.33 Å². The molecule has 1 fully saturated rings. The molecular formula is C25H31N7O4. The Morgan fingerprint density at radius 3 is 2.67 bits per heavy atom. The lowest BCUT2D eigenvalue weighted by molar-refractivity contribution is -0.385. The number of nitro groups is 1. The number of unbranched alkanes of at least 4 members (excludes halogenated alkanes) is 1. The molecule has 0 saturated carbocycles. The smallest absolute Gasteiger partial charge is 0.354 e. The van der Waals surface area contributed by atoms with Crippen LogP contribution in [0.2, 0.25) is 0 Å². The highest BCUT2D eigenvalue weighted by molar-refractivity contribution is 5.65. The largest absolute Gasteiger partial charge is 0.375 e. The molecule has 3 aromatic rings. The molecule has 11 nitrogen and oxygen atoms in total. The van der Waals surface area contributed by atoms with Gasteiger partial charge in [-0.1, -0.05) is 68.8 Å². The van der Waals surface area contributed by atoms with Gasteiger partial charge in [-0.05, 0) is 19.3 Å². The third kappa shape index (κ3) is 5.78. The van der Waals surface area contributed by atoms with Gasteiger partial charge in [0.25, 0.3) is 0 Å². The summed E-state index contributed by atoms with van der Waals surface area (Å²) in [5, 5.41) is 16.1. The van der Waals surface area contributed by atoms with Crippen molar-refractivity contribution in [3.05, 3.63) is 70.1 Å². The van der Waals surface area contributed by atoms with Gasteiger partial charge in [0, 0.05) is 30.5 Å². The zero-order valence-electron chi connectivity index (χ0n) is 20.8. The fourth-order valence-electron chi connectivity index (χ4n) is 4.03. The van der Waals surface area contributed by atoms with Crippen LogP contribution in [0, 0.1) is 10.1 Å². The molecule has 0 atom stereocenters. The van der Waals surface area contributed by atoms with E-state index in [0.717, 1.165) is 18.4 Å². The molecule has 2 aromatic heterocycles. The second kappa shape index (κ2) is 11.6. The fourth-order valence-corrected chi connectivity index (χ4v) is 4.03. The Bertz CT molecular complexity index is 1190. The molecule has 0 radical (unpaired) electrons. The molecule has 0 bridgehead atoms. The summed E-state index contributed by atoms with van der Waals surface area (Å²) >= 11 is 0. The number of rotatable bonds is 10. The number of hydrogen-bond donors (Lipinski definition) is 1.